The minimum absolute atomic E-state index is 0.0487. The summed E-state index contributed by atoms with van der Waals surface area (Å²) in [5, 5.41) is 0. The number of anilines is 1. The zero-order chi connectivity index (χ0) is 17.9. The number of carbonyl (C=O) groups is 1. The van der Waals surface area contributed by atoms with Crippen LogP contribution < -0.4 is 9.79 Å². The molecule has 1 aliphatic rings. The van der Waals surface area contributed by atoms with Gasteiger partial charge >= 0.3 is 0 Å². The summed E-state index contributed by atoms with van der Waals surface area (Å²) in [6.07, 6.45) is 3.55. The molecule has 1 aliphatic heterocycles. The monoisotopic (exact) mass is 364 g/mol. The minimum atomic E-state index is -3.75. The van der Waals surface area contributed by atoms with Gasteiger partial charge in [-0.15, -0.1) is 0 Å². The molecule has 1 aromatic carbocycles. The van der Waals surface area contributed by atoms with E-state index in [0.29, 0.717) is 25.8 Å². The summed E-state index contributed by atoms with van der Waals surface area (Å²) in [4.78, 5) is 20.5. The topological polar surface area (TPSA) is 88.9 Å². The number of rotatable bonds is 7. The van der Waals surface area contributed by atoms with Crippen molar-refractivity contribution in [3.05, 3.63) is 47.9 Å². The number of benzene rings is 1. The van der Waals surface area contributed by atoms with Crippen LogP contribution in [0.5, 0.6) is 0 Å². The normalized spacial score (nSPS) is 13.9. The third kappa shape index (κ3) is 4.09. The number of furan rings is 1. The number of carbonyl (C=O) groups excluding carboxylic acids is 1. The van der Waals surface area contributed by atoms with Crippen LogP contribution in [0.25, 0.3) is 0 Å². The molecule has 1 amide bonds. The number of nitrogens with zero attached hydrogens (tertiary/aromatic N) is 1. The van der Waals surface area contributed by atoms with Gasteiger partial charge in [0.15, 0.2) is 0 Å². The second-order valence-electron chi connectivity index (χ2n) is 5.83. The van der Waals surface area contributed by atoms with Crippen molar-refractivity contribution in [1.82, 2.24) is 4.89 Å². The van der Waals surface area contributed by atoms with Crippen LogP contribution in [-0.4, -0.2) is 27.5 Å². The Hall–Kier alpha value is -2.16. The predicted molar refractivity (Wildman–Crippen MR) is 91.5 cm³/mol. The molecule has 0 bridgehead atoms. The number of fused-ring (bicyclic) bond motifs is 1. The maximum atomic E-state index is 12.3. The van der Waals surface area contributed by atoms with Crippen molar-refractivity contribution >= 4 is 21.6 Å². The van der Waals surface area contributed by atoms with Gasteiger partial charge in [-0.2, -0.15) is 0 Å². The van der Waals surface area contributed by atoms with E-state index in [1.807, 2.05) is 6.07 Å². The summed E-state index contributed by atoms with van der Waals surface area (Å²) in [5.41, 5.74) is 1.61. The highest BCUT2D eigenvalue weighted by atomic mass is 32.2. The quantitative estimate of drug-likeness (QED) is 0.600. The Morgan fingerprint density at radius 3 is 2.92 bits per heavy atom. The molecule has 0 unspecified atom stereocenters. The van der Waals surface area contributed by atoms with Gasteiger partial charge in [-0.05, 0) is 48.7 Å². The smallest absolute Gasteiger partial charge is 0.262 e. The number of hydrogen-bond acceptors (Lipinski definition) is 5. The van der Waals surface area contributed by atoms with Crippen molar-refractivity contribution < 1.29 is 22.5 Å². The fourth-order valence-electron chi connectivity index (χ4n) is 2.81. The molecule has 7 nitrogen and oxygen atoms in total. The highest BCUT2D eigenvalue weighted by Crippen LogP contribution is 2.30. The fourth-order valence-corrected chi connectivity index (χ4v) is 3.69. The van der Waals surface area contributed by atoms with E-state index < -0.39 is 10.0 Å². The first-order valence-corrected chi connectivity index (χ1v) is 9.53. The lowest BCUT2D eigenvalue weighted by Crippen LogP contribution is -2.26. The molecular weight excluding hydrogens is 344 g/mol. The van der Waals surface area contributed by atoms with Gasteiger partial charge in [0.2, 0.25) is 5.91 Å². The number of aryl methyl sites for hydroxylation is 1. The number of amides is 1. The number of hydrogen-bond donors (Lipinski definition) is 1. The predicted octanol–water partition coefficient (Wildman–Crippen LogP) is 2.03. The lowest BCUT2D eigenvalue weighted by atomic mass is 10.2. The molecule has 25 heavy (non-hydrogen) atoms. The summed E-state index contributed by atoms with van der Waals surface area (Å²) in [7, 11) is -3.75. The van der Waals surface area contributed by atoms with Crippen LogP contribution in [0.15, 0.2) is 45.9 Å². The van der Waals surface area contributed by atoms with E-state index in [2.05, 4.69) is 4.89 Å². The molecule has 0 atom stereocenters. The van der Waals surface area contributed by atoms with E-state index in [-0.39, 0.29) is 17.4 Å². The SMILES string of the molecule is CC(=O)N1CCc2cc(S(=O)(=O)NOCCCc3ccco3)ccc21. The highest BCUT2D eigenvalue weighted by Gasteiger charge is 2.24. The Labute approximate surface area is 146 Å². The van der Waals surface area contributed by atoms with Gasteiger partial charge in [-0.25, -0.2) is 8.42 Å². The van der Waals surface area contributed by atoms with Crippen LogP contribution in [0.1, 0.15) is 24.7 Å². The lowest BCUT2D eigenvalue weighted by Gasteiger charge is -2.15. The van der Waals surface area contributed by atoms with E-state index in [1.165, 1.54) is 13.0 Å². The lowest BCUT2D eigenvalue weighted by molar-refractivity contribution is -0.116. The average Bonchev–Trinajstić information content (AvgIpc) is 3.23. The van der Waals surface area contributed by atoms with Gasteiger partial charge < -0.3 is 9.32 Å². The maximum Gasteiger partial charge on any atom is 0.262 e. The van der Waals surface area contributed by atoms with Crippen LogP contribution in [0, 0.1) is 0 Å². The van der Waals surface area contributed by atoms with Gasteiger partial charge in [-0.3, -0.25) is 9.63 Å². The van der Waals surface area contributed by atoms with Crippen molar-refractivity contribution in [3.8, 4) is 0 Å². The molecule has 0 aliphatic carbocycles. The Kier molecular flexibility index (Phi) is 5.22. The Morgan fingerprint density at radius 1 is 1.36 bits per heavy atom. The number of sulfonamides is 1. The van der Waals surface area contributed by atoms with Crippen LogP contribution in [0.3, 0.4) is 0 Å². The first kappa shape index (κ1) is 17.7. The molecule has 1 aromatic heterocycles. The molecule has 0 spiro atoms. The summed E-state index contributed by atoms with van der Waals surface area (Å²) >= 11 is 0. The largest absolute Gasteiger partial charge is 0.469 e. The van der Waals surface area contributed by atoms with Crippen LogP contribution >= 0.6 is 0 Å². The average molecular weight is 364 g/mol. The van der Waals surface area contributed by atoms with Gasteiger partial charge in [0.1, 0.15) is 5.76 Å². The summed E-state index contributed by atoms with van der Waals surface area (Å²) in [6.45, 7) is 2.31. The highest BCUT2D eigenvalue weighted by molar-refractivity contribution is 7.89. The van der Waals surface area contributed by atoms with E-state index in [0.717, 1.165) is 17.0 Å². The van der Waals surface area contributed by atoms with Crippen LogP contribution in [-0.2, 0) is 32.5 Å². The number of nitrogens with one attached hydrogen (secondary N) is 1. The summed E-state index contributed by atoms with van der Waals surface area (Å²) in [5.74, 6) is 0.785. The first-order chi connectivity index (χ1) is 12.0. The molecular formula is C17H20N2O5S. The van der Waals surface area contributed by atoms with Crippen LogP contribution in [0.4, 0.5) is 5.69 Å². The molecule has 0 saturated heterocycles. The maximum absolute atomic E-state index is 12.3. The molecule has 1 N–H and O–H groups in total. The summed E-state index contributed by atoms with van der Waals surface area (Å²) < 4.78 is 29.8. The molecule has 0 saturated carbocycles. The van der Waals surface area contributed by atoms with Gasteiger partial charge in [0, 0.05) is 25.6 Å². The Bertz CT molecular complexity index is 846. The molecule has 0 fully saturated rings. The molecule has 3 rings (SSSR count). The minimum Gasteiger partial charge on any atom is -0.469 e. The molecule has 134 valence electrons. The van der Waals surface area contributed by atoms with E-state index >= 15 is 0 Å². The zero-order valence-corrected chi connectivity index (χ0v) is 14.7. The van der Waals surface area contributed by atoms with Crippen molar-refractivity contribution in [2.45, 2.75) is 31.1 Å². The van der Waals surface area contributed by atoms with Crippen molar-refractivity contribution in [1.29, 1.82) is 0 Å². The fraction of sp³-hybridized carbons (Fsp3) is 0.353. The van der Waals surface area contributed by atoms with E-state index in [9.17, 15) is 13.2 Å². The van der Waals surface area contributed by atoms with E-state index in [1.54, 1.807) is 29.4 Å². The van der Waals surface area contributed by atoms with Gasteiger partial charge in [0.05, 0.1) is 17.8 Å². The Morgan fingerprint density at radius 2 is 2.20 bits per heavy atom. The third-order valence-electron chi connectivity index (χ3n) is 4.06. The van der Waals surface area contributed by atoms with E-state index in [4.69, 9.17) is 9.25 Å². The van der Waals surface area contributed by atoms with Crippen molar-refractivity contribution in [2.75, 3.05) is 18.1 Å². The molecule has 8 heteroatoms. The zero-order valence-electron chi connectivity index (χ0n) is 13.9. The molecule has 0 radical (unpaired) electrons. The van der Waals surface area contributed by atoms with Crippen molar-refractivity contribution in [2.24, 2.45) is 0 Å². The van der Waals surface area contributed by atoms with Crippen LogP contribution in [0.2, 0.25) is 0 Å². The van der Waals surface area contributed by atoms with Gasteiger partial charge in [0.25, 0.3) is 10.0 Å². The second-order valence-corrected chi connectivity index (χ2v) is 7.47. The second kappa shape index (κ2) is 7.38. The molecule has 2 aromatic rings. The Balaban J connectivity index is 1.56. The summed E-state index contributed by atoms with van der Waals surface area (Å²) in [6, 6.07) is 8.40. The standard InChI is InChI=1S/C17H20N2O5S/c1-13(20)19-9-8-14-12-16(6-7-17(14)19)25(21,22)18-24-11-3-5-15-4-2-10-23-15/h2,4,6-7,10,12,18H,3,5,8-9,11H2,1H3. The first-order valence-electron chi connectivity index (χ1n) is 8.04. The molecule has 2 heterocycles. The third-order valence-corrected chi connectivity index (χ3v) is 5.27. The van der Waals surface area contributed by atoms with Crippen molar-refractivity contribution in [3.63, 3.8) is 0 Å². The van der Waals surface area contributed by atoms with Gasteiger partial charge in [-0.1, -0.05) is 4.89 Å².